The Morgan fingerprint density at radius 2 is 2.50 bits per heavy atom. The molecule has 0 aromatic carbocycles. The Morgan fingerprint density at radius 3 is 2.90 bits per heavy atom. The Morgan fingerprint density at radius 1 is 1.80 bits per heavy atom. The maximum atomic E-state index is 9.29. The van der Waals surface area contributed by atoms with Crippen LogP contribution in [0.1, 0.15) is 18.7 Å². The topological polar surface area (TPSA) is 74.9 Å². The van der Waals surface area contributed by atoms with Crippen molar-refractivity contribution in [3.8, 4) is 0 Å². The van der Waals surface area contributed by atoms with E-state index in [1.165, 1.54) is 0 Å². The lowest BCUT2D eigenvalue weighted by atomic mass is 10.1. The minimum Gasteiger partial charge on any atom is -0.385 e. The van der Waals surface area contributed by atoms with Gasteiger partial charge in [0.2, 0.25) is 0 Å². The van der Waals surface area contributed by atoms with Crippen molar-refractivity contribution in [1.82, 2.24) is 10.2 Å². The summed E-state index contributed by atoms with van der Waals surface area (Å²) in [6.07, 6.45) is 0.948. The van der Waals surface area contributed by atoms with E-state index < -0.39 is 6.10 Å². The highest BCUT2D eigenvalue weighted by molar-refractivity contribution is 5.03. The highest BCUT2D eigenvalue weighted by atomic mass is 16.3. The van der Waals surface area contributed by atoms with E-state index in [0.29, 0.717) is 5.69 Å². The first-order chi connectivity index (χ1) is 4.72. The smallest absolute Gasteiger partial charge is 0.110 e. The van der Waals surface area contributed by atoms with Crippen LogP contribution in [0, 0.1) is 0 Å². The molecule has 4 nitrogen and oxygen atoms in total. The summed E-state index contributed by atoms with van der Waals surface area (Å²) in [7, 11) is 0. The van der Waals surface area contributed by atoms with Crippen LogP contribution in [0.15, 0.2) is 12.3 Å². The van der Waals surface area contributed by atoms with Crippen LogP contribution in [0.25, 0.3) is 0 Å². The third-order valence-electron chi connectivity index (χ3n) is 1.34. The molecule has 1 heterocycles. The molecule has 0 saturated carbocycles. The molecule has 0 saturated heterocycles. The molecule has 0 fully saturated rings. The molecule has 0 radical (unpaired) electrons. The molecule has 1 aromatic rings. The van der Waals surface area contributed by atoms with Gasteiger partial charge in [0.1, 0.15) is 6.10 Å². The van der Waals surface area contributed by atoms with Gasteiger partial charge in [-0.25, -0.2) is 0 Å². The summed E-state index contributed by atoms with van der Waals surface area (Å²) in [4.78, 5) is 0. The Kier molecular flexibility index (Phi) is 2.03. The number of aromatic nitrogens is 2. The van der Waals surface area contributed by atoms with Gasteiger partial charge < -0.3 is 10.8 Å². The molecule has 0 aliphatic heterocycles. The van der Waals surface area contributed by atoms with Gasteiger partial charge in [-0.15, -0.1) is 0 Å². The molecule has 0 aliphatic rings. The minimum atomic E-state index is -0.637. The fourth-order valence-electron chi connectivity index (χ4n) is 0.715. The number of nitrogens with zero attached hydrogens (tertiary/aromatic N) is 1. The van der Waals surface area contributed by atoms with E-state index >= 15 is 0 Å². The number of nitrogens with one attached hydrogen (secondary N) is 1. The third kappa shape index (κ3) is 1.34. The monoisotopic (exact) mass is 141 g/mol. The fourth-order valence-corrected chi connectivity index (χ4v) is 0.715. The largest absolute Gasteiger partial charge is 0.385 e. The number of nitrogens with two attached hydrogens (primary N) is 1. The second-order valence-corrected chi connectivity index (χ2v) is 2.32. The van der Waals surface area contributed by atoms with Gasteiger partial charge in [0.15, 0.2) is 0 Å². The second kappa shape index (κ2) is 2.81. The summed E-state index contributed by atoms with van der Waals surface area (Å²) in [6.45, 7) is 1.74. The second-order valence-electron chi connectivity index (χ2n) is 2.32. The number of hydrogen-bond donors (Lipinski definition) is 3. The van der Waals surface area contributed by atoms with E-state index in [1.54, 1.807) is 19.2 Å². The Balaban J connectivity index is 2.68. The van der Waals surface area contributed by atoms with Gasteiger partial charge >= 0.3 is 0 Å². The predicted octanol–water partition coefficient (Wildman–Crippen LogP) is -0.210. The van der Waals surface area contributed by atoms with Crippen LogP contribution in [0.2, 0.25) is 0 Å². The van der Waals surface area contributed by atoms with E-state index in [9.17, 15) is 5.11 Å². The summed E-state index contributed by atoms with van der Waals surface area (Å²) in [5.74, 6) is 0. The van der Waals surface area contributed by atoms with Crippen molar-refractivity contribution < 1.29 is 5.11 Å². The number of rotatable bonds is 2. The average Bonchev–Trinajstić information content (AvgIpc) is 2.36. The third-order valence-corrected chi connectivity index (χ3v) is 1.34. The van der Waals surface area contributed by atoms with Crippen LogP contribution < -0.4 is 5.73 Å². The summed E-state index contributed by atoms with van der Waals surface area (Å²) in [5, 5.41) is 15.6. The minimum absolute atomic E-state index is 0.263. The zero-order valence-corrected chi connectivity index (χ0v) is 5.78. The lowest BCUT2D eigenvalue weighted by molar-refractivity contribution is 0.148. The van der Waals surface area contributed by atoms with Crippen LogP contribution >= 0.6 is 0 Å². The first-order valence-corrected chi connectivity index (χ1v) is 3.14. The van der Waals surface area contributed by atoms with Crippen LogP contribution in [-0.2, 0) is 0 Å². The lowest BCUT2D eigenvalue weighted by Gasteiger charge is -2.10. The van der Waals surface area contributed by atoms with Crippen molar-refractivity contribution in [2.45, 2.75) is 19.1 Å². The molecular weight excluding hydrogens is 130 g/mol. The molecule has 56 valence electrons. The number of aliphatic hydroxyl groups excluding tert-OH is 1. The van der Waals surface area contributed by atoms with Crippen LogP contribution in [-0.4, -0.2) is 21.3 Å². The van der Waals surface area contributed by atoms with Gasteiger partial charge in [-0.3, -0.25) is 5.10 Å². The Bertz CT molecular complexity index is 183. The standard InChI is InChI=1S/C6H11N3O/c1-4(7)6(10)5-2-3-8-9-5/h2-4,6,10H,7H2,1H3,(H,8,9)/t4-,6?/m0/s1. The van der Waals surface area contributed by atoms with E-state index in [-0.39, 0.29) is 6.04 Å². The van der Waals surface area contributed by atoms with E-state index in [2.05, 4.69) is 10.2 Å². The summed E-state index contributed by atoms with van der Waals surface area (Å²) >= 11 is 0. The SMILES string of the molecule is C[C@H](N)C(O)c1ccn[nH]1. The molecule has 1 unspecified atom stereocenters. The zero-order chi connectivity index (χ0) is 7.56. The molecule has 0 amide bonds. The van der Waals surface area contributed by atoms with Crippen molar-refractivity contribution in [3.05, 3.63) is 18.0 Å². The molecule has 0 aliphatic carbocycles. The van der Waals surface area contributed by atoms with Crippen molar-refractivity contribution >= 4 is 0 Å². The van der Waals surface area contributed by atoms with Crippen molar-refractivity contribution in [2.75, 3.05) is 0 Å². The Labute approximate surface area is 59.1 Å². The van der Waals surface area contributed by atoms with Gasteiger partial charge in [0, 0.05) is 12.2 Å². The lowest BCUT2D eigenvalue weighted by Crippen LogP contribution is -2.24. The highest BCUT2D eigenvalue weighted by Gasteiger charge is 2.12. The summed E-state index contributed by atoms with van der Waals surface area (Å²) in [6, 6.07) is 1.44. The number of H-pyrrole nitrogens is 1. The molecule has 1 aromatic heterocycles. The first-order valence-electron chi connectivity index (χ1n) is 3.14. The van der Waals surface area contributed by atoms with Crippen molar-refractivity contribution in [2.24, 2.45) is 5.73 Å². The molecule has 0 spiro atoms. The fraction of sp³-hybridized carbons (Fsp3) is 0.500. The first kappa shape index (κ1) is 7.24. The van der Waals surface area contributed by atoms with E-state index in [0.717, 1.165) is 0 Å². The summed E-state index contributed by atoms with van der Waals surface area (Å²) < 4.78 is 0. The van der Waals surface area contributed by atoms with E-state index in [4.69, 9.17) is 5.73 Å². The van der Waals surface area contributed by atoms with Crippen LogP contribution in [0.4, 0.5) is 0 Å². The van der Waals surface area contributed by atoms with Crippen LogP contribution in [0.3, 0.4) is 0 Å². The quantitative estimate of drug-likeness (QED) is 0.533. The molecule has 10 heavy (non-hydrogen) atoms. The maximum absolute atomic E-state index is 9.29. The molecule has 4 heteroatoms. The Hall–Kier alpha value is -0.870. The van der Waals surface area contributed by atoms with Gasteiger partial charge in [0.05, 0.1) is 5.69 Å². The maximum Gasteiger partial charge on any atom is 0.110 e. The molecule has 0 bridgehead atoms. The molecular formula is C6H11N3O. The zero-order valence-electron chi connectivity index (χ0n) is 5.78. The van der Waals surface area contributed by atoms with Gasteiger partial charge in [-0.05, 0) is 13.0 Å². The molecule has 4 N–H and O–H groups in total. The van der Waals surface area contributed by atoms with Gasteiger partial charge in [-0.1, -0.05) is 0 Å². The van der Waals surface area contributed by atoms with E-state index in [1.807, 2.05) is 0 Å². The normalized spacial score (nSPS) is 16.7. The average molecular weight is 141 g/mol. The molecule has 2 atom stereocenters. The van der Waals surface area contributed by atoms with Gasteiger partial charge in [0.25, 0.3) is 0 Å². The highest BCUT2D eigenvalue weighted by Crippen LogP contribution is 2.10. The van der Waals surface area contributed by atoms with Crippen molar-refractivity contribution in [3.63, 3.8) is 0 Å². The molecule has 1 rings (SSSR count). The number of aliphatic hydroxyl groups is 1. The van der Waals surface area contributed by atoms with Crippen LogP contribution in [0.5, 0.6) is 0 Å². The number of aromatic amines is 1. The summed E-state index contributed by atoms with van der Waals surface area (Å²) in [5.41, 5.74) is 6.09. The predicted molar refractivity (Wildman–Crippen MR) is 37.2 cm³/mol. The van der Waals surface area contributed by atoms with Gasteiger partial charge in [-0.2, -0.15) is 5.10 Å². The number of hydrogen-bond acceptors (Lipinski definition) is 3. The van der Waals surface area contributed by atoms with Crippen molar-refractivity contribution in [1.29, 1.82) is 0 Å².